The Bertz CT molecular complexity index is 834. The summed E-state index contributed by atoms with van der Waals surface area (Å²) < 4.78 is 7.44. The monoisotopic (exact) mass is 386 g/mol. The first-order valence-electron chi connectivity index (χ1n) is 9.28. The van der Waals surface area contributed by atoms with Crippen LogP contribution in [0.5, 0.6) is 0 Å². The van der Waals surface area contributed by atoms with E-state index in [0.717, 1.165) is 17.8 Å². The van der Waals surface area contributed by atoms with Crippen molar-refractivity contribution in [1.29, 1.82) is 0 Å². The molecule has 1 saturated heterocycles. The van der Waals surface area contributed by atoms with Crippen LogP contribution in [0.2, 0.25) is 0 Å². The second-order valence-corrected chi connectivity index (χ2v) is 7.02. The van der Waals surface area contributed by atoms with Crippen molar-refractivity contribution in [1.82, 2.24) is 19.8 Å². The van der Waals surface area contributed by atoms with Gasteiger partial charge in [-0.15, -0.1) is 0 Å². The van der Waals surface area contributed by atoms with E-state index < -0.39 is 0 Å². The lowest BCUT2D eigenvalue weighted by Crippen LogP contribution is -2.35. The summed E-state index contributed by atoms with van der Waals surface area (Å²) in [5.41, 5.74) is 4.43. The third-order valence-corrected chi connectivity index (χ3v) is 5.40. The third kappa shape index (κ3) is 3.69. The first-order valence-corrected chi connectivity index (χ1v) is 9.69. The van der Waals surface area contributed by atoms with Gasteiger partial charge in [0.05, 0.1) is 24.4 Å². The van der Waals surface area contributed by atoms with Gasteiger partial charge in [0.25, 0.3) is 0 Å². The number of rotatable bonds is 6. The van der Waals surface area contributed by atoms with E-state index in [-0.39, 0.29) is 24.6 Å². The zero-order chi connectivity index (χ0) is 19.6. The van der Waals surface area contributed by atoms with Gasteiger partial charge < -0.3 is 19.5 Å². The summed E-state index contributed by atoms with van der Waals surface area (Å²) in [5.74, 6) is -0.280. The van der Waals surface area contributed by atoms with Crippen LogP contribution in [0.1, 0.15) is 48.6 Å². The smallest absolute Gasteiger partial charge is 0.325 e. The van der Waals surface area contributed by atoms with Crippen LogP contribution in [0.4, 0.5) is 0 Å². The molecule has 6 nitrogen and oxygen atoms in total. The molecule has 3 heterocycles. The summed E-state index contributed by atoms with van der Waals surface area (Å²) in [6, 6.07) is 7.79. The van der Waals surface area contributed by atoms with Crippen molar-refractivity contribution < 1.29 is 9.53 Å². The fourth-order valence-electron chi connectivity index (χ4n) is 3.87. The minimum absolute atomic E-state index is 0.115. The predicted molar refractivity (Wildman–Crippen MR) is 108 cm³/mol. The van der Waals surface area contributed by atoms with Gasteiger partial charge in [-0.05, 0) is 63.7 Å². The Labute approximate surface area is 165 Å². The van der Waals surface area contributed by atoms with Gasteiger partial charge in [-0.3, -0.25) is 9.78 Å². The van der Waals surface area contributed by atoms with Gasteiger partial charge in [0.1, 0.15) is 6.54 Å². The van der Waals surface area contributed by atoms with Crippen molar-refractivity contribution in [3.8, 4) is 0 Å². The molecule has 0 unspecified atom stereocenters. The number of carbonyl (C=O) groups is 1. The number of hydrogen-bond donors (Lipinski definition) is 1. The number of nitrogens with zero attached hydrogens (tertiary/aromatic N) is 3. The summed E-state index contributed by atoms with van der Waals surface area (Å²) in [5, 5.41) is 3.91. The lowest BCUT2D eigenvalue weighted by molar-refractivity contribution is -0.143. The summed E-state index contributed by atoms with van der Waals surface area (Å²) in [6.45, 7) is 9.52. The van der Waals surface area contributed by atoms with E-state index in [1.165, 1.54) is 11.4 Å². The van der Waals surface area contributed by atoms with Gasteiger partial charge in [-0.2, -0.15) is 0 Å². The maximum atomic E-state index is 12.2. The molecule has 0 bridgehead atoms. The normalized spacial score (nSPS) is 19.3. The van der Waals surface area contributed by atoms with Crippen LogP contribution < -0.4 is 5.32 Å². The molecule has 144 valence electrons. The number of hydrogen-bond acceptors (Lipinski definition) is 4. The molecule has 0 aliphatic carbocycles. The van der Waals surface area contributed by atoms with Crippen LogP contribution in [0, 0.1) is 13.8 Å². The first kappa shape index (κ1) is 19.4. The molecule has 1 aliphatic heterocycles. The number of nitrogens with one attached hydrogen (secondary N) is 1. The highest BCUT2D eigenvalue weighted by Gasteiger charge is 2.42. The summed E-state index contributed by atoms with van der Waals surface area (Å²) in [4.78, 5) is 18.7. The molecular formula is C20H26N4O2S. The fourth-order valence-corrected chi connectivity index (χ4v) is 4.18. The Hall–Kier alpha value is -2.41. The third-order valence-electron chi connectivity index (χ3n) is 5.05. The molecule has 0 amide bonds. The maximum Gasteiger partial charge on any atom is 0.325 e. The average molecular weight is 387 g/mol. The van der Waals surface area contributed by atoms with Gasteiger partial charge >= 0.3 is 5.97 Å². The molecule has 1 aliphatic rings. The molecule has 2 aromatic rings. The van der Waals surface area contributed by atoms with Crippen molar-refractivity contribution in [2.45, 2.75) is 46.3 Å². The van der Waals surface area contributed by atoms with E-state index in [1.54, 1.807) is 6.20 Å². The molecule has 0 aromatic carbocycles. The standard InChI is InChI=1S/C20H26N4O2S/c1-5-23-13(3)11-15(14(23)4)19-18(16-9-7-8-10-21-16)22-20(27)24(19)12-17(25)26-6-2/h7-11,18-19H,5-6,12H2,1-4H3,(H,22,27)/t18-,19-/m1/s1. The Kier molecular flexibility index (Phi) is 5.79. The number of carbonyl (C=O) groups excluding carboxylic acids is 1. The quantitative estimate of drug-likeness (QED) is 0.608. The molecule has 1 N–H and O–H groups in total. The van der Waals surface area contributed by atoms with Gasteiger partial charge in [-0.1, -0.05) is 6.07 Å². The second-order valence-electron chi connectivity index (χ2n) is 6.63. The summed E-state index contributed by atoms with van der Waals surface area (Å²) in [6.07, 6.45) is 1.78. The van der Waals surface area contributed by atoms with E-state index in [2.05, 4.69) is 41.7 Å². The van der Waals surface area contributed by atoms with Crippen molar-refractivity contribution in [2.75, 3.05) is 13.2 Å². The Balaban J connectivity index is 2.05. The SMILES string of the molecule is CCOC(=O)CN1C(=S)N[C@H](c2ccccn2)[C@H]1c1cc(C)n(CC)c1C. The Morgan fingerprint density at radius 1 is 1.33 bits per heavy atom. The van der Waals surface area contributed by atoms with Gasteiger partial charge in [0.15, 0.2) is 5.11 Å². The summed E-state index contributed by atoms with van der Waals surface area (Å²) >= 11 is 5.58. The molecule has 1 fully saturated rings. The number of thiocarbonyl (C=S) groups is 1. The fraction of sp³-hybridized carbons (Fsp3) is 0.450. The van der Waals surface area contributed by atoms with Crippen LogP contribution >= 0.6 is 12.2 Å². The molecule has 2 atom stereocenters. The molecule has 7 heteroatoms. The van der Waals surface area contributed by atoms with E-state index in [4.69, 9.17) is 17.0 Å². The van der Waals surface area contributed by atoms with E-state index in [1.807, 2.05) is 30.0 Å². The highest BCUT2D eigenvalue weighted by Crippen LogP contribution is 2.40. The number of esters is 1. The van der Waals surface area contributed by atoms with Crippen LogP contribution in [0.25, 0.3) is 0 Å². The number of aryl methyl sites for hydroxylation is 1. The van der Waals surface area contributed by atoms with Crippen molar-refractivity contribution >= 4 is 23.3 Å². The van der Waals surface area contributed by atoms with E-state index in [0.29, 0.717) is 11.7 Å². The second kappa shape index (κ2) is 8.08. The Morgan fingerprint density at radius 3 is 2.70 bits per heavy atom. The minimum Gasteiger partial charge on any atom is -0.465 e. The zero-order valence-corrected chi connectivity index (χ0v) is 17.0. The molecular weight excluding hydrogens is 360 g/mol. The Morgan fingerprint density at radius 2 is 2.11 bits per heavy atom. The van der Waals surface area contributed by atoms with Crippen molar-refractivity contribution in [3.63, 3.8) is 0 Å². The lowest BCUT2D eigenvalue weighted by Gasteiger charge is -2.27. The van der Waals surface area contributed by atoms with Crippen LogP contribution in [-0.4, -0.2) is 38.7 Å². The summed E-state index contributed by atoms with van der Waals surface area (Å²) in [7, 11) is 0. The number of pyridine rings is 1. The minimum atomic E-state index is -0.280. The van der Waals surface area contributed by atoms with Gasteiger partial charge in [0.2, 0.25) is 0 Å². The molecule has 2 aromatic heterocycles. The molecule has 0 spiro atoms. The molecule has 0 saturated carbocycles. The predicted octanol–water partition coefficient (Wildman–Crippen LogP) is 3.06. The maximum absolute atomic E-state index is 12.2. The highest BCUT2D eigenvalue weighted by atomic mass is 32.1. The highest BCUT2D eigenvalue weighted by molar-refractivity contribution is 7.80. The zero-order valence-electron chi connectivity index (χ0n) is 16.2. The number of aromatic nitrogens is 2. The average Bonchev–Trinajstić information content (AvgIpc) is 3.12. The topological polar surface area (TPSA) is 59.4 Å². The van der Waals surface area contributed by atoms with E-state index >= 15 is 0 Å². The molecule has 0 radical (unpaired) electrons. The van der Waals surface area contributed by atoms with Crippen LogP contribution in [0.3, 0.4) is 0 Å². The van der Waals surface area contributed by atoms with Crippen molar-refractivity contribution in [2.24, 2.45) is 0 Å². The van der Waals surface area contributed by atoms with Gasteiger partial charge in [0, 0.05) is 24.1 Å². The lowest BCUT2D eigenvalue weighted by atomic mass is 9.97. The largest absolute Gasteiger partial charge is 0.465 e. The van der Waals surface area contributed by atoms with Crippen LogP contribution in [0.15, 0.2) is 30.5 Å². The van der Waals surface area contributed by atoms with Crippen molar-refractivity contribution in [3.05, 3.63) is 53.1 Å². The number of ether oxygens (including phenoxy) is 1. The van der Waals surface area contributed by atoms with Crippen LogP contribution in [-0.2, 0) is 16.1 Å². The first-order chi connectivity index (χ1) is 13.0. The van der Waals surface area contributed by atoms with E-state index in [9.17, 15) is 4.79 Å². The molecule has 3 rings (SSSR count). The molecule has 27 heavy (non-hydrogen) atoms. The van der Waals surface area contributed by atoms with Gasteiger partial charge in [-0.25, -0.2) is 0 Å².